The second-order valence-corrected chi connectivity index (χ2v) is 6.46. The summed E-state index contributed by atoms with van der Waals surface area (Å²) < 4.78 is 16.5. The molecule has 27 heavy (non-hydrogen) atoms. The number of benzene rings is 2. The van der Waals surface area contributed by atoms with Crippen molar-refractivity contribution in [1.82, 2.24) is 4.90 Å². The Bertz CT molecular complexity index is 892. The number of hydrogen-bond donors (Lipinski definition) is 1. The van der Waals surface area contributed by atoms with Gasteiger partial charge in [0.1, 0.15) is 19.3 Å². The molecule has 4 rings (SSSR count). The lowest BCUT2D eigenvalue weighted by Gasteiger charge is -2.34. The topological polar surface area (TPSA) is 85.3 Å². The van der Waals surface area contributed by atoms with Gasteiger partial charge in [0.15, 0.2) is 11.5 Å². The lowest BCUT2D eigenvalue weighted by molar-refractivity contribution is -0.142. The second-order valence-electron chi connectivity index (χ2n) is 6.46. The second kappa shape index (κ2) is 6.83. The van der Waals surface area contributed by atoms with Gasteiger partial charge in [-0.1, -0.05) is 24.3 Å². The van der Waals surface area contributed by atoms with Gasteiger partial charge in [-0.3, -0.25) is 4.79 Å². The van der Waals surface area contributed by atoms with Crippen molar-refractivity contribution in [3.05, 3.63) is 53.1 Å². The summed E-state index contributed by atoms with van der Waals surface area (Å²) in [7, 11) is 1.49. The normalized spacial score (nSPS) is 17.8. The number of ether oxygens (including phenoxy) is 3. The molecule has 0 aliphatic carbocycles. The number of nitrogens with zero attached hydrogens (tertiary/aromatic N) is 1. The zero-order chi connectivity index (χ0) is 19.0. The number of carbonyl (C=O) groups is 2. The van der Waals surface area contributed by atoms with E-state index in [0.717, 1.165) is 11.1 Å². The van der Waals surface area contributed by atoms with Crippen molar-refractivity contribution in [3.8, 4) is 17.2 Å². The quantitative estimate of drug-likeness (QED) is 0.892. The molecule has 0 saturated heterocycles. The Morgan fingerprint density at radius 2 is 1.89 bits per heavy atom. The van der Waals surface area contributed by atoms with Gasteiger partial charge in [-0.2, -0.15) is 0 Å². The molecule has 0 fully saturated rings. The van der Waals surface area contributed by atoms with Gasteiger partial charge < -0.3 is 24.2 Å². The third-order valence-electron chi connectivity index (χ3n) is 4.87. The molecule has 1 amide bonds. The minimum absolute atomic E-state index is 0.239. The summed E-state index contributed by atoms with van der Waals surface area (Å²) >= 11 is 0. The molecule has 1 unspecified atom stereocenters. The highest BCUT2D eigenvalue weighted by Gasteiger charge is 2.35. The van der Waals surface area contributed by atoms with Gasteiger partial charge in [-0.05, 0) is 23.3 Å². The molecule has 7 nitrogen and oxygen atoms in total. The summed E-state index contributed by atoms with van der Waals surface area (Å²) in [4.78, 5) is 26.4. The van der Waals surface area contributed by atoms with E-state index >= 15 is 0 Å². The van der Waals surface area contributed by atoms with E-state index in [9.17, 15) is 14.7 Å². The maximum absolute atomic E-state index is 13.2. The van der Waals surface area contributed by atoms with E-state index in [4.69, 9.17) is 14.2 Å². The summed E-state index contributed by atoms with van der Waals surface area (Å²) in [6.07, 6.45) is 0.277. The molecule has 7 heteroatoms. The van der Waals surface area contributed by atoms with Crippen LogP contribution >= 0.6 is 0 Å². The van der Waals surface area contributed by atoms with E-state index in [2.05, 4.69) is 0 Å². The van der Waals surface area contributed by atoms with Crippen LogP contribution in [0.4, 0.5) is 0 Å². The zero-order valence-corrected chi connectivity index (χ0v) is 14.8. The highest BCUT2D eigenvalue weighted by atomic mass is 16.6. The molecule has 2 aromatic rings. The molecule has 0 aromatic heterocycles. The molecule has 0 saturated carbocycles. The van der Waals surface area contributed by atoms with Gasteiger partial charge in [0.2, 0.25) is 5.75 Å². The number of amides is 1. The Kier molecular flexibility index (Phi) is 4.35. The number of rotatable bonds is 3. The van der Waals surface area contributed by atoms with Gasteiger partial charge in [0.05, 0.1) is 7.11 Å². The highest BCUT2D eigenvalue weighted by molar-refractivity contribution is 5.98. The Balaban J connectivity index is 1.72. The smallest absolute Gasteiger partial charge is 0.326 e. The van der Waals surface area contributed by atoms with Gasteiger partial charge >= 0.3 is 5.97 Å². The van der Waals surface area contributed by atoms with E-state index in [1.165, 1.54) is 12.0 Å². The van der Waals surface area contributed by atoms with Crippen LogP contribution in [0.5, 0.6) is 17.2 Å². The molecule has 2 aliphatic rings. The van der Waals surface area contributed by atoms with Crippen LogP contribution in [-0.2, 0) is 17.8 Å². The van der Waals surface area contributed by atoms with Crippen LogP contribution in [0.15, 0.2) is 36.4 Å². The van der Waals surface area contributed by atoms with Crippen LogP contribution in [0, 0.1) is 0 Å². The Morgan fingerprint density at radius 1 is 1.15 bits per heavy atom. The fourth-order valence-electron chi connectivity index (χ4n) is 3.52. The lowest BCUT2D eigenvalue weighted by atomic mass is 9.93. The third kappa shape index (κ3) is 3.05. The van der Waals surface area contributed by atoms with E-state index in [-0.39, 0.29) is 18.9 Å². The van der Waals surface area contributed by atoms with E-state index in [1.54, 1.807) is 12.1 Å². The van der Waals surface area contributed by atoms with E-state index in [1.807, 2.05) is 24.3 Å². The number of fused-ring (bicyclic) bond motifs is 2. The molecular formula is C20H19NO6. The Labute approximate surface area is 156 Å². The zero-order valence-electron chi connectivity index (χ0n) is 14.8. The van der Waals surface area contributed by atoms with Crippen molar-refractivity contribution in [2.45, 2.75) is 19.0 Å². The van der Waals surface area contributed by atoms with E-state index in [0.29, 0.717) is 36.0 Å². The first-order valence-electron chi connectivity index (χ1n) is 8.66. The first kappa shape index (κ1) is 17.2. The molecule has 140 valence electrons. The molecule has 2 heterocycles. The summed E-state index contributed by atoms with van der Waals surface area (Å²) in [5, 5.41) is 9.66. The van der Waals surface area contributed by atoms with E-state index < -0.39 is 12.0 Å². The fraction of sp³-hybridized carbons (Fsp3) is 0.300. The number of methoxy groups -OCH3 is 1. The number of carbonyl (C=O) groups excluding carboxylic acids is 1. The highest BCUT2D eigenvalue weighted by Crippen LogP contribution is 2.41. The van der Waals surface area contributed by atoms with Crippen molar-refractivity contribution < 1.29 is 28.9 Å². The molecule has 0 spiro atoms. The maximum Gasteiger partial charge on any atom is 0.326 e. The minimum atomic E-state index is -1.03. The number of carboxylic acid groups (broad SMARTS) is 1. The van der Waals surface area contributed by atoms with Crippen LogP contribution in [-0.4, -0.2) is 48.2 Å². The number of carboxylic acids is 1. The minimum Gasteiger partial charge on any atom is -0.493 e. The first-order valence-corrected chi connectivity index (χ1v) is 8.66. The summed E-state index contributed by atoms with van der Waals surface area (Å²) in [6.45, 7) is 1.02. The van der Waals surface area contributed by atoms with Gasteiger partial charge in [-0.25, -0.2) is 4.79 Å². The van der Waals surface area contributed by atoms with Gasteiger partial charge in [-0.15, -0.1) is 0 Å². The van der Waals surface area contributed by atoms with Crippen LogP contribution in [0.25, 0.3) is 0 Å². The van der Waals surface area contributed by atoms with Crippen LogP contribution < -0.4 is 14.2 Å². The van der Waals surface area contributed by atoms with Crippen molar-refractivity contribution in [2.24, 2.45) is 0 Å². The fourth-order valence-corrected chi connectivity index (χ4v) is 3.52. The van der Waals surface area contributed by atoms with Crippen molar-refractivity contribution >= 4 is 11.9 Å². The van der Waals surface area contributed by atoms with Crippen molar-refractivity contribution in [2.75, 3.05) is 20.3 Å². The first-order chi connectivity index (χ1) is 13.1. The summed E-state index contributed by atoms with van der Waals surface area (Å²) in [5.74, 6) is -0.137. The van der Waals surface area contributed by atoms with Crippen molar-refractivity contribution in [1.29, 1.82) is 0 Å². The lowest BCUT2D eigenvalue weighted by Crippen LogP contribution is -2.48. The number of hydrogen-bond acceptors (Lipinski definition) is 5. The number of aliphatic carboxylic acids is 1. The molecule has 0 radical (unpaired) electrons. The third-order valence-corrected chi connectivity index (χ3v) is 4.87. The van der Waals surface area contributed by atoms with Crippen LogP contribution in [0.1, 0.15) is 21.5 Å². The average Bonchev–Trinajstić information content (AvgIpc) is 2.71. The Morgan fingerprint density at radius 3 is 2.63 bits per heavy atom. The molecule has 2 aromatic carbocycles. The molecular weight excluding hydrogens is 350 g/mol. The molecule has 2 aliphatic heterocycles. The standard InChI is InChI=1S/C20H19NO6/c1-25-16-9-14(10-17-18(16)27-7-6-26-17)19(22)21-11-13-5-3-2-4-12(13)8-15(21)20(23)24/h2-5,9-10,15H,6-8,11H2,1H3,(H,23,24). The van der Waals surface area contributed by atoms with Crippen molar-refractivity contribution in [3.63, 3.8) is 0 Å². The van der Waals surface area contributed by atoms with Crippen LogP contribution in [0.2, 0.25) is 0 Å². The maximum atomic E-state index is 13.2. The Hall–Kier alpha value is -3.22. The summed E-state index contributed by atoms with van der Waals surface area (Å²) in [5.41, 5.74) is 2.21. The summed E-state index contributed by atoms with van der Waals surface area (Å²) in [6, 6.07) is 9.80. The largest absolute Gasteiger partial charge is 0.493 e. The van der Waals surface area contributed by atoms with Gasteiger partial charge in [0, 0.05) is 18.5 Å². The molecule has 0 bridgehead atoms. The van der Waals surface area contributed by atoms with Crippen LogP contribution in [0.3, 0.4) is 0 Å². The van der Waals surface area contributed by atoms with Gasteiger partial charge in [0.25, 0.3) is 5.91 Å². The monoisotopic (exact) mass is 369 g/mol. The average molecular weight is 369 g/mol. The predicted molar refractivity (Wildman–Crippen MR) is 95.4 cm³/mol. The SMILES string of the molecule is COc1cc(C(=O)N2Cc3ccccc3CC2C(=O)O)cc2c1OCCO2. The predicted octanol–water partition coefficient (Wildman–Crippen LogP) is 2.12. The molecule has 1 atom stereocenters. The molecule has 1 N–H and O–H groups in total.